The van der Waals surface area contributed by atoms with Gasteiger partial charge in [-0.25, -0.2) is 19.3 Å². The van der Waals surface area contributed by atoms with Crippen molar-refractivity contribution in [2.45, 2.75) is 13.0 Å². The maximum Gasteiger partial charge on any atom is 0.145 e. The average Bonchev–Trinajstić information content (AvgIpc) is 3.29. The van der Waals surface area contributed by atoms with E-state index in [1.807, 2.05) is 41.2 Å². The highest BCUT2D eigenvalue weighted by Crippen LogP contribution is 2.28. The fraction of sp³-hybridized carbons (Fsp3) is 0.115. The fourth-order valence-corrected chi connectivity index (χ4v) is 3.74. The molecule has 0 unspecified atom stereocenters. The molecule has 34 heavy (non-hydrogen) atoms. The van der Waals surface area contributed by atoms with Crippen LogP contribution in [0, 0.1) is 24.1 Å². The SMILES string of the molecule is COc1cc(/C(=C/[NH2+]C(c2ccc(F)cc2)c2ccc(F)cc2)N=N)ccc1-n1cnc(C)c1. The van der Waals surface area contributed by atoms with E-state index in [4.69, 9.17) is 10.3 Å². The lowest BCUT2D eigenvalue weighted by Crippen LogP contribution is -2.79. The van der Waals surface area contributed by atoms with E-state index in [-0.39, 0.29) is 17.7 Å². The number of aryl methyl sites for hydroxylation is 1. The van der Waals surface area contributed by atoms with E-state index in [1.165, 1.54) is 24.3 Å². The lowest BCUT2D eigenvalue weighted by atomic mass is 9.98. The Bertz CT molecular complexity index is 1270. The Morgan fingerprint density at radius 2 is 1.65 bits per heavy atom. The summed E-state index contributed by atoms with van der Waals surface area (Å²) in [5.74, 6) is -0.0587. The van der Waals surface area contributed by atoms with E-state index < -0.39 is 0 Å². The van der Waals surface area contributed by atoms with Crippen molar-refractivity contribution in [3.63, 3.8) is 0 Å². The normalized spacial score (nSPS) is 11.6. The van der Waals surface area contributed by atoms with Crippen LogP contribution in [0.1, 0.15) is 28.4 Å². The molecule has 0 atom stereocenters. The van der Waals surface area contributed by atoms with Gasteiger partial charge >= 0.3 is 0 Å². The molecule has 0 aliphatic heterocycles. The summed E-state index contributed by atoms with van der Waals surface area (Å²) in [6.45, 7) is 1.91. The second-order valence-electron chi connectivity index (χ2n) is 7.75. The van der Waals surface area contributed by atoms with Gasteiger partial charge in [-0.1, -0.05) is 6.07 Å². The zero-order valence-electron chi connectivity index (χ0n) is 18.7. The van der Waals surface area contributed by atoms with Gasteiger partial charge < -0.3 is 14.6 Å². The Hall–Kier alpha value is -4.17. The number of nitrogens with one attached hydrogen (secondary N) is 1. The molecule has 8 heteroatoms. The van der Waals surface area contributed by atoms with Gasteiger partial charge in [0.25, 0.3) is 0 Å². The molecule has 0 aliphatic carbocycles. The highest BCUT2D eigenvalue weighted by Gasteiger charge is 2.18. The zero-order valence-corrected chi connectivity index (χ0v) is 18.7. The van der Waals surface area contributed by atoms with Gasteiger partial charge in [-0.15, -0.1) is 0 Å². The van der Waals surface area contributed by atoms with Gasteiger partial charge in [0.05, 0.1) is 24.8 Å². The van der Waals surface area contributed by atoms with Gasteiger partial charge in [0.2, 0.25) is 0 Å². The number of quaternary nitrogens is 1. The maximum atomic E-state index is 13.5. The van der Waals surface area contributed by atoms with E-state index in [1.54, 1.807) is 43.9 Å². The first-order chi connectivity index (χ1) is 16.5. The topological polar surface area (TPSA) is 79.9 Å². The molecule has 3 aromatic carbocycles. The molecular formula is C26H24F2N5O+. The first-order valence-corrected chi connectivity index (χ1v) is 10.6. The minimum Gasteiger partial charge on any atom is -0.495 e. The third kappa shape index (κ3) is 5.07. The number of rotatable bonds is 8. The largest absolute Gasteiger partial charge is 0.495 e. The van der Waals surface area contributed by atoms with Crippen LogP contribution in [-0.4, -0.2) is 16.7 Å². The lowest BCUT2D eigenvalue weighted by molar-refractivity contribution is -0.622. The van der Waals surface area contributed by atoms with Crippen LogP contribution in [0.5, 0.6) is 5.75 Å². The molecule has 0 bridgehead atoms. The number of imidazole rings is 1. The maximum absolute atomic E-state index is 13.5. The van der Waals surface area contributed by atoms with Crippen LogP contribution in [0.2, 0.25) is 0 Å². The van der Waals surface area contributed by atoms with Crippen LogP contribution < -0.4 is 10.1 Å². The standard InChI is InChI=1S/C26H23F2N5O/c1-17-15-33(16-31-17)24-12-7-20(13-25(24)34-2)23(32-29)14-30-26(18-3-8-21(27)9-4-18)19-5-10-22(28)11-6-19/h3-16,26,29-30H,1-2H3/p+1/b23-14-,32-29?. The summed E-state index contributed by atoms with van der Waals surface area (Å²) in [4.78, 5) is 4.25. The average molecular weight is 461 g/mol. The lowest BCUT2D eigenvalue weighted by Gasteiger charge is -2.15. The van der Waals surface area contributed by atoms with Crippen LogP contribution in [0.4, 0.5) is 8.78 Å². The molecule has 3 N–H and O–H groups in total. The number of hydrogen-bond donors (Lipinski definition) is 2. The molecule has 0 saturated carbocycles. The number of methoxy groups -OCH3 is 1. The van der Waals surface area contributed by atoms with Crippen molar-refractivity contribution < 1.29 is 18.8 Å². The summed E-state index contributed by atoms with van der Waals surface area (Å²) in [6.07, 6.45) is 5.34. The minimum atomic E-state index is -0.334. The first-order valence-electron chi connectivity index (χ1n) is 10.6. The number of ether oxygens (including phenoxy) is 1. The first kappa shape index (κ1) is 23.0. The highest BCUT2D eigenvalue weighted by molar-refractivity contribution is 5.67. The molecule has 1 heterocycles. The smallest absolute Gasteiger partial charge is 0.145 e. The van der Waals surface area contributed by atoms with Gasteiger partial charge in [0.15, 0.2) is 0 Å². The van der Waals surface area contributed by atoms with Crippen LogP contribution in [0.25, 0.3) is 11.4 Å². The van der Waals surface area contributed by atoms with Gasteiger partial charge in [-0.2, -0.15) is 5.11 Å². The number of aromatic nitrogens is 2. The van der Waals surface area contributed by atoms with E-state index >= 15 is 0 Å². The Morgan fingerprint density at radius 3 is 2.15 bits per heavy atom. The highest BCUT2D eigenvalue weighted by atomic mass is 19.1. The molecule has 4 rings (SSSR count). The molecule has 0 spiro atoms. The van der Waals surface area contributed by atoms with Gasteiger partial charge in [0, 0.05) is 22.9 Å². The quantitative estimate of drug-likeness (QED) is 0.357. The Kier molecular flexibility index (Phi) is 6.89. The van der Waals surface area contributed by atoms with Crippen molar-refractivity contribution in [3.8, 4) is 11.4 Å². The minimum absolute atomic E-state index is 0.284. The van der Waals surface area contributed by atoms with Crippen LogP contribution in [0.15, 0.2) is 90.6 Å². The fourth-order valence-electron chi connectivity index (χ4n) is 3.74. The van der Waals surface area contributed by atoms with Crippen molar-refractivity contribution in [2.75, 3.05) is 7.11 Å². The summed E-state index contributed by atoms with van der Waals surface area (Å²) < 4.78 is 34.4. The number of nitrogens with two attached hydrogens (primary N) is 1. The Balaban J connectivity index is 1.67. The van der Waals surface area contributed by atoms with Gasteiger partial charge in [-0.3, -0.25) is 0 Å². The van der Waals surface area contributed by atoms with Gasteiger partial charge in [0.1, 0.15) is 35.3 Å². The Morgan fingerprint density at radius 1 is 1.03 bits per heavy atom. The second kappa shape index (κ2) is 10.2. The van der Waals surface area contributed by atoms with E-state index in [2.05, 4.69) is 10.1 Å². The zero-order chi connectivity index (χ0) is 24.1. The molecule has 1 aromatic heterocycles. The third-order valence-corrected chi connectivity index (χ3v) is 5.49. The monoisotopic (exact) mass is 460 g/mol. The molecule has 0 amide bonds. The molecule has 0 fully saturated rings. The van der Waals surface area contributed by atoms with E-state index in [0.717, 1.165) is 22.5 Å². The van der Waals surface area contributed by atoms with Crippen molar-refractivity contribution >= 4 is 5.70 Å². The molecule has 0 aliphatic rings. The number of halogens is 2. The van der Waals surface area contributed by atoms with Crippen molar-refractivity contribution in [1.29, 1.82) is 5.53 Å². The summed E-state index contributed by atoms with van der Waals surface area (Å²) in [7, 11) is 1.58. The van der Waals surface area contributed by atoms with Crippen molar-refractivity contribution in [2.24, 2.45) is 5.11 Å². The molecule has 6 nitrogen and oxygen atoms in total. The summed E-state index contributed by atoms with van der Waals surface area (Å²) in [6, 6.07) is 17.6. The number of nitrogens with zero attached hydrogens (tertiary/aromatic N) is 3. The summed E-state index contributed by atoms with van der Waals surface area (Å²) >= 11 is 0. The van der Waals surface area contributed by atoms with Crippen LogP contribution >= 0.6 is 0 Å². The van der Waals surface area contributed by atoms with E-state index in [0.29, 0.717) is 17.0 Å². The van der Waals surface area contributed by atoms with Crippen molar-refractivity contribution in [1.82, 2.24) is 9.55 Å². The predicted octanol–water partition coefficient (Wildman–Crippen LogP) is 5.15. The molecule has 172 valence electrons. The van der Waals surface area contributed by atoms with Crippen LogP contribution in [-0.2, 0) is 0 Å². The van der Waals surface area contributed by atoms with E-state index in [9.17, 15) is 8.78 Å². The summed E-state index contributed by atoms with van der Waals surface area (Å²) in [5.41, 5.74) is 12.2. The second-order valence-corrected chi connectivity index (χ2v) is 7.75. The Labute approximate surface area is 196 Å². The van der Waals surface area contributed by atoms with Gasteiger partial charge in [-0.05, 0) is 67.6 Å². The molecule has 0 radical (unpaired) electrons. The third-order valence-electron chi connectivity index (χ3n) is 5.49. The van der Waals surface area contributed by atoms with Crippen LogP contribution in [0.3, 0.4) is 0 Å². The predicted molar refractivity (Wildman–Crippen MR) is 125 cm³/mol. The molecule has 0 saturated heterocycles. The number of hydrogen-bond acceptors (Lipinski definition) is 4. The molecule has 4 aromatic rings. The number of benzene rings is 3. The van der Waals surface area contributed by atoms with Crippen molar-refractivity contribution in [3.05, 3.63) is 119 Å². The molecular weight excluding hydrogens is 436 g/mol. The summed E-state index contributed by atoms with van der Waals surface area (Å²) in [5, 5.41) is 5.58.